The Labute approximate surface area is 181 Å². The first-order valence-electron chi connectivity index (χ1n) is 9.80. The standard InChI is InChI=1S/C23H24ClN5O/c1-5-6-15-11-19(25-13-15)26-20-12-21(29(3)4)28-23(27-20)30-18-8-7-16-9-14(2)10-17(16)22(18)24/h5-8,10-12H,9,13H2,1-4H3,(H,25,26,27,28)/b6-5+. The van der Waals surface area contributed by atoms with Gasteiger partial charge in [0.2, 0.25) is 0 Å². The molecule has 0 fully saturated rings. The van der Waals surface area contributed by atoms with Crippen LogP contribution in [-0.2, 0) is 6.42 Å². The Hall–Kier alpha value is -3.12. The topological polar surface area (TPSA) is 62.6 Å². The lowest BCUT2D eigenvalue weighted by Gasteiger charge is -2.15. The summed E-state index contributed by atoms with van der Waals surface area (Å²) in [6.45, 7) is 4.74. The molecular formula is C23H24ClN5O. The molecule has 1 aromatic heterocycles. The van der Waals surface area contributed by atoms with Gasteiger partial charge in [0.1, 0.15) is 23.2 Å². The van der Waals surface area contributed by atoms with Gasteiger partial charge in [0.05, 0.1) is 11.6 Å². The molecule has 4 rings (SSSR count). The first-order chi connectivity index (χ1) is 14.4. The lowest BCUT2D eigenvalue weighted by atomic mass is 10.1. The summed E-state index contributed by atoms with van der Waals surface area (Å²) >= 11 is 6.61. The van der Waals surface area contributed by atoms with Crippen molar-refractivity contribution in [3.63, 3.8) is 0 Å². The van der Waals surface area contributed by atoms with E-state index in [1.165, 1.54) is 11.1 Å². The summed E-state index contributed by atoms with van der Waals surface area (Å²) in [6, 6.07) is 5.99. The Morgan fingerprint density at radius 3 is 2.80 bits per heavy atom. The third kappa shape index (κ3) is 4.24. The van der Waals surface area contributed by atoms with Crippen molar-refractivity contribution in [2.24, 2.45) is 4.99 Å². The van der Waals surface area contributed by atoms with E-state index in [-0.39, 0.29) is 6.01 Å². The fraction of sp³-hybridized carbons (Fsp3) is 0.261. The van der Waals surface area contributed by atoms with E-state index >= 15 is 0 Å². The molecule has 7 heteroatoms. The van der Waals surface area contributed by atoms with Gasteiger partial charge in [-0.1, -0.05) is 41.5 Å². The highest BCUT2D eigenvalue weighted by Crippen LogP contribution is 2.38. The number of hydrogen-bond donors (Lipinski definition) is 1. The average Bonchev–Trinajstić information content (AvgIpc) is 3.30. The van der Waals surface area contributed by atoms with Crippen LogP contribution in [0.5, 0.6) is 11.8 Å². The molecule has 0 atom stereocenters. The summed E-state index contributed by atoms with van der Waals surface area (Å²) < 4.78 is 6.01. The summed E-state index contributed by atoms with van der Waals surface area (Å²) in [5, 5.41) is 3.83. The predicted octanol–water partition coefficient (Wildman–Crippen LogP) is 5.27. The smallest absolute Gasteiger partial charge is 0.325 e. The highest BCUT2D eigenvalue weighted by Gasteiger charge is 2.18. The van der Waals surface area contributed by atoms with Crippen molar-refractivity contribution in [3.8, 4) is 11.8 Å². The van der Waals surface area contributed by atoms with E-state index in [1.807, 2.05) is 62.3 Å². The molecule has 0 spiro atoms. The molecule has 0 saturated carbocycles. The number of rotatable bonds is 5. The Balaban J connectivity index is 1.62. The third-order valence-electron chi connectivity index (χ3n) is 4.84. The molecule has 2 heterocycles. The highest BCUT2D eigenvalue weighted by molar-refractivity contribution is 6.33. The normalized spacial score (nSPS) is 15.0. The maximum atomic E-state index is 6.61. The number of benzene rings is 1. The number of fused-ring (bicyclic) bond motifs is 1. The first kappa shape index (κ1) is 20.2. The number of aromatic nitrogens is 2. The number of aliphatic imine (C=N–C) groups is 1. The van der Waals surface area contributed by atoms with Crippen LogP contribution in [0.25, 0.3) is 6.08 Å². The molecule has 0 radical (unpaired) electrons. The third-order valence-corrected chi connectivity index (χ3v) is 5.23. The van der Waals surface area contributed by atoms with Crippen molar-refractivity contribution >= 4 is 35.1 Å². The molecule has 0 amide bonds. The quantitative estimate of drug-likeness (QED) is 0.712. The summed E-state index contributed by atoms with van der Waals surface area (Å²) in [6.07, 6.45) is 9.07. The zero-order valence-electron chi connectivity index (χ0n) is 17.5. The predicted molar refractivity (Wildman–Crippen MR) is 124 cm³/mol. The average molecular weight is 422 g/mol. The highest BCUT2D eigenvalue weighted by atomic mass is 35.5. The van der Waals surface area contributed by atoms with Crippen LogP contribution in [0.3, 0.4) is 0 Å². The number of hydrogen-bond acceptors (Lipinski definition) is 6. The van der Waals surface area contributed by atoms with E-state index in [4.69, 9.17) is 16.3 Å². The molecule has 1 aliphatic carbocycles. The maximum absolute atomic E-state index is 6.61. The van der Waals surface area contributed by atoms with Crippen LogP contribution in [0, 0.1) is 0 Å². The van der Waals surface area contributed by atoms with Crippen molar-refractivity contribution < 1.29 is 4.74 Å². The monoisotopic (exact) mass is 421 g/mol. The zero-order chi connectivity index (χ0) is 21.3. The minimum absolute atomic E-state index is 0.223. The summed E-state index contributed by atoms with van der Waals surface area (Å²) in [7, 11) is 3.84. The van der Waals surface area contributed by atoms with Crippen LogP contribution < -0.4 is 15.0 Å². The Morgan fingerprint density at radius 2 is 2.03 bits per heavy atom. The van der Waals surface area contributed by atoms with Crippen molar-refractivity contribution in [1.29, 1.82) is 0 Å². The van der Waals surface area contributed by atoms with Gasteiger partial charge >= 0.3 is 6.01 Å². The van der Waals surface area contributed by atoms with E-state index < -0.39 is 0 Å². The minimum Gasteiger partial charge on any atom is -0.423 e. The Morgan fingerprint density at radius 1 is 1.20 bits per heavy atom. The summed E-state index contributed by atoms with van der Waals surface area (Å²) in [5.74, 6) is 2.62. The number of allylic oxidation sites excluding steroid dienone is 2. The number of anilines is 2. The largest absolute Gasteiger partial charge is 0.423 e. The van der Waals surface area contributed by atoms with Gasteiger partial charge in [-0.15, -0.1) is 0 Å². The molecule has 30 heavy (non-hydrogen) atoms. The van der Waals surface area contributed by atoms with E-state index in [0.29, 0.717) is 29.0 Å². The molecular weight excluding hydrogens is 398 g/mol. The van der Waals surface area contributed by atoms with Crippen LogP contribution in [-0.4, -0.2) is 36.4 Å². The van der Waals surface area contributed by atoms with Gasteiger partial charge in [0, 0.05) is 25.7 Å². The molecule has 0 bridgehead atoms. The van der Waals surface area contributed by atoms with Gasteiger partial charge in [-0.3, -0.25) is 4.99 Å². The molecule has 154 valence electrons. The van der Waals surface area contributed by atoms with Gasteiger partial charge in [0.15, 0.2) is 0 Å². The van der Waals surface area contributed by atoms with Crippen LogP contribution in [0.2, 0.25) is 5.02 Å². The van der Waals surface area contributed by atoms with E-state index in [1.54, 1.807) is 0 Å². The second-order valence-electron chi connectivity index (χ2n) is 7.55. The van der Waals surface area contributed by atoms with Crippen molar-refractivity contribution in [3.05, 3.63) is 63.7 Å². The molecule has 6 nitrogen and oxygen atoms in total. The molecule has 0 saturated heterocycles. The number of nitrogens with one attached hydrogen (secondary N) is 1. The molecule has 1 aliphatic heterocycles. The Bertz CT molecular complexity index is 1110. The van der Waals surface area contributed by atoms with Gasteiger partial charge in [-0.05, 0) is 43.5 Å². The van der Waals surface area contributed by atoms with Gasteiger partial charge in [0.25, 0.3) is 0 Å². The molecule has 1 aromatic carbocycles. The van der Waals surface area contributed by atoms with Gasteiger partial charge < -0.3 is 15.0 Å². The summed E-state index contributed by atoms with van der Waals surface area (Å²) in [5.41, 5.74) is 4.64. The molecule has 1 N–H and O–H groups in total. The van der Waals surface area contributed by atoms with Crippen LogP contribution >= 0.6 is 11.6 Å². The number of nitrogens with zero attached hydrogens (tertiary/aromatic N) is 4. The lowest BCUT2D eigenvalue weighted by Crippen LogP contribution is -2.14. The van der Waals surface area contributed by atoms with Gasteiger partial charge in [-0.25, -0.2) is 0 Å². The molecule has 2 aliphatic rings. The Kier molecular flexibility index (Phi) is 5.59. The fourth-order valence-corrected chi connectivity index (χ4v) is 3.69. The molecule has 0 unspecified atom stereocenters. The van der Waals surface area contributed by atoms with Crippen molar-refractivity contribution in [2.75, 3.05) is 30.9 Å². The first-order valence-corrected chi connectivity index (χ1v) is 10.2. The van der Waals surface area contributed by atoms with Crippen LogP contribution in [0.4, 0.5) is 11.6 Å². The second-order valence-corrected chi connectivity index (χ2v) is 7.93. The van der Waals surface area contributed by atoms with Crippen LogP contribution in [0.1, 0.15) is 25.0 Å². The fourth-order valence-electron chi connectivity index (χ4n) is 3.41. The van der Waals surface area contributed by atoms with Crippen molar-refractivity contribution in [1.82, 2.24) is 9.97 Å². The minimum atomic E-state index is 0.223. The SMILES string of the molecule is C/C=C/C1=CC(Nc2cc(N(C)C)nc(Oc3ccc4c(c3Cl)C=C(C)C4)n2)=NC1. The van der Waals surface area contributed by atoms with Crippen LogP contribution in [0.15, 0.2) is 52.6 Å². The molecule has 2 aromatic rings. The van der Waals surface area contributed by atoms with E-state index in [0.717, 1.165) is 23.4 Å². The van der Waals surface area contributed by atoms with E-state index in [2.05, 4.69) is 33.3 Å². The summed E-state index contributed by atoms with van der Waals surface area (Å²) in [4.78, 5) is 15.4. The second kappa shape index (κ2) is 8.32. The zero-order valence-corrected chi connectivity index (χ0v) is 18.3. The van der Waals surface area contributed by atoms with Gasteiger partial charge in [-0.2, -0.15) is 9.97 Å². The number of ether oxygens (including phenoxy) is 1. The number of halogens is 1. The lowest BCUT2D eigenvalue weighted by molar-refractivity contribution is 0.443. The van der Waals surface area contributed by atoms with Crippen molar-refractivity contribution in [2.45, 2.75) is 20.3 Å². The maximum Gasteiger partial charge on any atom is 0.325 e. The number of amidine groups is 1. The van der Waals surface area contributed by atoms with E-state index in [9.17, 15) is 0 Å².